The van der Waals surface area contributed by atoms with Gasteiger partial charge >= 0.3 is 5.97 Å². The molecule has 1 aromatic rings. The molecule has 0 radical (unpaired) electrons. The number of nitrogens with one attached hydrogen (secondary N) is 1. The second-order valence-electron chi connectivity index (χ2n) is 19.0. The fourth-order valence-corrected chi connectivity index (χ4v) is 9.97. The van der Waals surface area contributed by atoms with Crippen LogP contribution in [-0.4, -0.2) is 164 Å². The lowest BCUT2D eigenvalue weighted by molar-refractivity contribution is -0.318. The molecule has 3 aliphatic rings. The molecule has 0 aromatic heterocycles. The highest BCUT2D eigenvalue weighted by molar-refractivity contribution is 7.80. The lowest BCUT2D eigenvalue weighted by Crippen LogP contribution is -2.61. The zero-order chi connectivity index (χ0) is 45.8. The van der Waals surface area contributed by atoms with Crippen LogP contribution in [0.25, 0.3) is 0 Å². The molecule has 3 aliphatic heterocycles. The van der Waals surface area contributed by atoms with Crippen LogP contribution in [0, 0.1) is 17.8 Å². The third kappa shape index (κ3) is 12.2. The van der Waals surface area contributed by atoms with Crippen LogP contribution in [0.1, 0.15) is 100 Å². The molecule has 3 saturated heterocycles. The van der Waals surface area contributed by atoms with Gasteiger partial charge in [0.2, 0.25) is 0 Å². The minimum absolute atomic E-state index is 0.107. The van der Waals surface area contributed by atoms with Gasteiger partial charge in [-0.05, 0) is 106 Å². The highest BCUT2D eigenvalue weighted by atomic mass is 32.1. The molecule has 18 atom stereocenters. The molecule has 0 bridgehead atoms. The third-order valence-corrected chi connectivity index (χ3v) is 13.8. The van der Waals surface area contributed by atoms with Crippen molar-refractivity contribution in [2.45, 2.75) is 192 Å². The van der Waals surface area contributed by atoms with Gasteiger partial charge < -0.3 is 69.1 Å². The van der Waals surface area contributed by atoms with Gasteiger partial charge in [0.05, 0.1) is 47.6 Å². The second kappa shape index (κ2) is 21.3. The third-order valence-electron chi connectivity index (χ3n) is 13.5. The van der Waals surface area contributed by atoms with Gasteiger partial charge in [-0.25, -0.2) is 0 Å². The molecular formula is C45H77N3O12S. The Morgan fingerprint density at radius 2 is 1.61 bits per heavy atom. The van der Waals surface area contributed by atoms with Crippen molar-refractivity contribution in [1.82, 2.24) is 15.1 Å². The monoisotopic (exact) mass is 884 g/mol. The zero-order valence-electron chi connectivity index (χ0n) is 38.7. The van der Waals surface area contributed by atoms with Crippen molar-refractivity contribution in [1.29, 1.82) is 0 Å². The number of rotatable bonds is 9. The molecule has 61 heavy (non-hydrogen) atoms. The highest BCUT2D eigenvalue weighted by Gasteiger charge is 2.53. The van der Waals surface area contributed by atoms with Gasteiger partial charge in [0.1, 0.15) is 30.0 Å². The Hall–Kier alpha value is -2.06. The van der Waals surface area contributed by atoms with E-state index in [1.54, 1.807) is 46.4 Å². The van der Waals surface area contributed by atoms with Crippen molar-refractivity contribution in [3.05, 3.63) is 35.9 Å². The van der Waals surface area contributed by atoms with E-state index >= 15 is 0 Å². The number of carbonyl (C=O) groups excluding carboxylic acids is 1. The summed E-state index contributed by atoms with van der Waals surface area (Å²) in [6, 6.07) is 8.64. The molecule has 16 heteroatoms. The number of ether oxygens (including phenoxy) is 6. The summed E-state index contributed by atoms with van der Waals surface area (Å²) < 4.78 is 38.0. The maximum absolute atomic E-state index is 14.5. The summed E-state index contributed by atoms with van der Waals surface area (Å²) >= 11 is 5.98. The second-order valence-corrected chi connectivity index (χ2v) is 19.4. The van der Waals surface area contributed by atoms with E-state index in [1.807, 2.05) is 70.1 Å². The topological polar surface area (TPSA) is 192 Å². The number of benzene rings is 1. The molecule has 1 aromatic carbocycles. The van der Waals surface area contributed by atoms with Gasteiger partial charge in [-0.2, -0.15) is 0 Å². The molecule has 3 heterocycles. The van der Waals surface area contributed by atoms with E-state index in [1.165, 1.54) is 14.0 Å². The van der Waals surface area contributed by atoms with Crippen molar-refractivity contribution in [2.24, 2.45) is 17.8 Å². The molecule has 0 spiro atoms. The molecule has 0 amide bonds. The van der Waals surface area contributed by atoms with Crippen molar-refractivity contribution in [2.75, 3.05) is 27.7 Å². The first-order valence-corrected chi connectivity index (χ1v) is 22.4. The van der Waals surface area contributed by atoms with Gasteiger partial charge in [-0.3, -0.25) is 4.79 Å². The quantitative estimate of drug-likeness (QED) is 0.156. The fraction of sp³-hybridized carbons (Fsp3) is 0.822. The summed E-state index contributed by atoms with van der Waals surface area (Å²) in [5.41, 5.74) is -3.66. The lowest BCUT2D eigenvalue weighted by Gasteiger charge is -2.49. The standard InChI is InChI=1S/C45H77N3O12S/c1-14-33-45(10,54)37(50)29(6)48(42(61)46-23-31-18-16-15-17-19-31)24-25(2)21-43(8,53)39(60-41-35(49)32(47(11)12)20-26(3)56-41)27(4)36(28(5)40(52)58-33)59-34-22-44(9,55-13)38(51)30(7)57-34/h15-19,25-30,32-39,41,49-51,53-54H,14,20-24H2,1-13H3,(H,46,61)/t25-,26-,27+,28-,29-,30-,32-,33-,34-,35-,36+,37-,38-,39-,41+,43-,44+,45-/m1/s1. The number of carbonyl (C=O) groups is 1. The summed E-state index contributed by atoms with van der Waals surface area (Å²) in [4.78, 5) is 18.2. The summed E-state index contributed by atoms with van der Waals surface area (Å²) in [6.07, 6.45) is -9.04. The normalized spacial score (nSPS) is 43.6. The number of aliphatic hydroxyl groups excluding tert-OH is 3. The van der Waals surface area contributed by atoms with Gasteiger partial charge in [0, 0.05) is 38.6 Å². The van der Waals surface area contributed by atoms with E-state index < -0.39 is 96.0 Å². The van der Waals surface area contributed by atoms with Crippen LogP contribution < -0.4 is 5.32 Å². The molecule has 0 unspecified atom stereocenters. The number of cyclic esters (lactones) is 1. The average molecular weight is 884 g/mol. The Labute approximate surface area is 369 Å². The first-order chi connectivity index (χ1) is 28.4. The largest absolute Gasteiger partial charge is 0.459 e. The predicted molar refractivity (Wildman–Crippen MR) is 234 cm³/mol. The van der Waals surface area contributed by atoms with Crippen LogP contribution >= 0.6 is 12.2 Å². The van der Waals surface area contributed by atoms with E-state index in [0.717, 1.165) is 5.56 Å². The first-order valence-electron chi connectivity index (χ1n) is 22.0. The molecule has 3 fully saturated rings. The number of thiocarbonyl (C=S) groups is 1. The number of aliphatic hydroxyl groups is 5. The van der Waals surface area contributed by atoms with Gasteiger partial charge in [0.15, 0.2) is 17.7 Å². The Morgan fingerprint density at radius 1 is 0.967 bits per heavy atom. The molecule has 15 nitrogen and oxygen atoms in total. The number of hydrogen-bond donors (Lipinski definition) is 6. The number of esters is 1. The molecule has 0 saturated carbocycles. The van der Waals surface area contributed by atoms with E-state index in [4.69, 9.17) is 40.6 Å². The van der Waals surface area contributed by atoms with Crippen LogP contribution in [0.5, 0.6) is 0 Å². The van der Waals surface area contributed by atoms with Crippen molar-refractivity contribution >= 4 is 23.3 Å². The number of nitrogens with zero attached hydrogens (tertiary/aromatic N) is 2. The summed E-state index contributed by atoms with van der Waals surface area (Å²) in [5.74, 6) is -2.91. The Balaban J connectivity index is 1.84. The van der Waals surface area contributed by atoms with E-state index in [9.17, 15) is 30.3 Å². The van der Waals surface area contributed by atoms with Crippen LogP contribution in [0.4, 0.5) is 0 Å². The van der Waals surface area contributed by atoms with Gasteiger partial charge in [-0.1, -0.05) is 51.1 Å². The summed E-state index contributed by atoms with van der Waals surface area (Å²) in [5, 5.41) is 63.4. The zero-order valence-corrected chi connectivity index (χ0v) is 39.5. The lowest BCUT2D eigenvalue weighted by atomic mass is 9.77. The Kier molecular flexibility index (Phi) is 18.0. The van der Waals surface area contributed by atoms with Crippen molar-refractivity contribution in [3.63, 3.8) is 0 Å². The van der Waals surface area contributed by atoms with Gasteiger partial charge in [0.25, 0.3) is 0 Å². The van der Waals surface area contributed by atoms with Crippen LogP contribution in [0.15, 0.2) is 30.3 Å². The SMILES string of the molecule is CC[C@H]1OC(=O)[C@H](C)[C@@H](O[C@@H]2C[C@](C)(OC)[C@H](O)[C@@H](C)O2)[C@H](C)[C@@H](O[C@@H]2O[C@H](C)C[C@@H](N(C)C)[C@H]2O)[C@](C)(O)C[C@@H](C)CN(C(=S)NCc2ccccc2)[C@H](C)[C@@H](O)[C@]1(C)O. The number of methoxy groups -OCH3 is 1. The van der Waals surface area contributed by atoms with Crippen LogP contribution in [-0.2, 0) is 39.8 Å². The van der Waals surface area contributed by atoms with Gasteiger partial charge in [-0.15, -0.1) is 0 Å². The first kappa shape index (κ1) is 51.6. The Morgan fingerprint density at radius 3 is 2.20 bits per heavy atom. The summed E-state index contributed by atoms with van der Waals surface area (Å²) in [7, 11) is 5.26. The molecule has 4 rings (SSSR count). The molecule has 6 N–H and O–H groups in total. The minimum Gasteiger partial charge on any atom is -0.459 e. The molecule has 350 valence electrons. The summed E-state index contributed by atoms with van der Waals surface area (Å²) in [6.45, 7) is 18.1. The van der Waals surface area contributed by atoms with Crippen LogP contribution in [0.3, 0.4) is 0 Å². The smallest absolute Gasteiger partial charge is 0.311 e. The predicted octanol–water partition coefficient (Wildman–Crippen LogP) is 3.35. The van der Waals surface area contributed by atoms with E-state index in [0.29, 0.717) is 18.1 Å². The fourth-order valence-electron chi connectivity index (χ4n) is 9.65. The minimum atomic E-state index is -1.94. The average Bonchev–Trinajstić information content (AvgIpc) is 3.20. The molecular weight excluding hydrogens is 807 g/mol. The molecule has 0 aliphatic carbocycles. The van der Waals surface area contributed by atoms with E-state index in [-0.39, 0.29) is 43.9 Å². The van der Waals surface area contributed by atoms with Crippen molar-refractivity contribution < 1.29 is 58.7 Å². The van der Waals surface area contributed by atoms with E-state index in [2.05, 4.69) is 5.32 Å². The van der Waals surface area contributed by atoms with Crippen molar-refractivity contribution in [3.8, 4) is 0 Å². The maximum Gasteiger partial charge on any atom is 0.311 e. The maximum atomic E-state index is 14.5. The van der Waals surface area contributed by atoms with Crippen LogP contribution in [0.2, 0.25) is 0 Å². The Bertz CT molecular complexity index is 1560. The highest BCUT2D eigenvalue weighted by Crippen LogP contribution is 2.40. The number of hydrogen-bond acceptors (Lipinski definition) is 14. The number of likely N-dealkylation sites (N-methyl/N-ethyl adjacent to an activating group) is 1.